The summed E-state index contributed by atoms with van der Waals surface area (Å²) in [6.45, 7) is 0.319. The van der Waals surface area contributed by atoms with E-state index in [9.17, 15) is 16.8 Å². The molecule has 1 aliphatic heterocycles. The van der Waals surface area contributed by atoms with Crippen molar-refractivity contribution in [3.63, 3.8) is 0 Å². The van der Waals surface area contributed by atoms with Gasteiger partial charge in [0.1, 0.15) is 0 Å². The van der Waals surface area contributed by atoms with E-state index in [0.29, 0.717) is 24.4 Å². The van der Waals surface area contributed by atoms with Crippen molar-refractivity contribution in [1.82, 2.24) is 4.31 Å². The third-order valence-corrected chi connectivity index (χ3v) is 8.29. The van der Waals surface area contributed by atoms with Crippen LogP contribution in [0.1, 0.15) is 12.8 Å². The van der Waals surface area contributed by atoms with Gasteiger partial charge in [-0.3, -0.25) is 0 Å². The van der Waals surface area contributed by atoms with Crippen molar-refractivity contribution in [2.24, 2.45) is 0 Å². The summed E-state index contributed by atoms with van der Waals surface area (Å²) in [5.74, 6) is -0.218. The van der Waals surface area contributed by atoms with Gasteiger partial charge in [0.05, 0.1) is 15.5 Å². The topological polar surface area (TPSA) is 71.5 Å². The van der Waals surface area contributed by atoms with Crippen LogP contribution in [0, 0.1) is 0 Å². The Balaban J connectivity index is 1.87. The maximum absolute atomic E-state index is 12.9. The van der Waals surface area contributed by atoms with Crippen molar-refractivity contribution in [3.8, 4) is 0 Å². The van der Waals surface area contributed by atoms with Crippen LogP contribution in [0.5, 0.6) is 0 Å². The number of sulfone groups is 1. The number of hydrogen-bond donors (Lipinski definition) is 0. The van der Waals surface area contributed by atoms with Crippen molar-refractivity contribution < 1.29 is 16.8 Å². The molecule has 0 aliphatic carbocycles. The Bertz CT molecular complexity index is 942. The average Bonchev–Trinajstić information content (AvgIpc) is 3.04. The van der Waals surface area contributed by atoms with Crippen LogP contribution in [0.3, 0.4) is 0 Å². The first kappa shape index (κ1) is 18.4. The molecule has 1 heterocycles. The minimum absolute atomic E-state index is 0.126. The molecule has 0 aromatic heterocycles. The predicted molar refractivity (Wildman–Crippen MR) is 96.9 cm³/mol. The highest BCUT2D eigenvalue weighted by molar-refractivity contribution is 7.91. The molecule has 1 fully saturated rings. The molecule has 0 bridgehead atoms. The maximum Gasteiger partial charge on any atom is 0.243 e. The standard InChI is InChI=1S/C17H18ClNO4S2/c18-14-8-10-17(11-9-14)25(22,23)19-12-4-5-15(19)13-24(20,21)16-6-2-1-3-7-16/h1-3,6-11,15H,4-5,12-13H2. The maximum atomic E-state index is 12.9. The van der Waals surface area contributed by atoms with Gasteiger partial charge in [0.25, 0.3) is 0 Å². The van der Waals surface area contributed by atoms with Crippen LogP contribution >= 0.6 is 11.6 Å². The lowest BCUT2D eigenvalue weighted by molar-refractivity contribution is 0.408. The van der Waals surface area contributed by atoms with E-state index < -0.39 is 25.9 Å². The number of sulfonamides is 1. The van der Waals surface area contributed by atoms with Gasteiger partial charge < -0.3 is 0 Å². The SMILES string of the molecule is O=S(=O)(CC1CCCN1S(=O)(=O)c1ccc(Cl)cc1)c1ccccc1. The Labute approximate surface area is 153 Å². The molecule has 0 N–H and O–H groups in total. The zero-order valence-corrected chi connectivity index (χ0v) is 15.8. The second-order valence-corrected chi connectivity index (χ2v) is 10.3. The lowest BCUT2D eigenvalue weighted by Gasteiger charge is -2.24. The van der Waals surface area contributed by atoms with Gasteiger partial charge in [-0.25, -0.2) is 16.8 Å². The van der Waals surface area contributed by atoms with Gasteiger partial charge in [0, 0.05) is 17.6 Å². The molecule has 5 nitrogen and oxygen atoms in total. The fraction of sp³-hybridized carbons (Fsp3) is 0.294. The second kappa shape index (κ2) is 7.07. The summed E-state index contributed by atoms with van der Waals surface area (Å²) >= 11 is 5.82. The van der Waals surface area contributed by atoms with Crippen molar-refractivity contribution in [2.45, 2.75) is 28.7 Å². The molecule has 2 aromatic rings. The van der Waals surface area contributed by atoms with E-state index in [4.69, 9.17) is 11.6 Å². The molecule has 1 atom stereocenters. The van der Waals surface area contributed by atoms with Gasteiger partial charge in [0.2, 0.25) is 10.0 Å². The molecular weight excluding hydrogens is 382 g/mol. The summed E-state index contributed by atoms with van der Waals surface area (Å²) in [4.78, 5) is 0.339. The van der Waals surface area contributed by atoms with E-state index >= 15 is 0 Å². The fourth-order valence-corrected chi connectivity index (χ4v) is 6.54. The van der Waals surface area contributed by atoms with Crippen molar-refractivity contribution in [3.05, 3.63) is 59.6 Å². The molecule has 0 amide bonds. The summed E-state index contributed by atoms with van der Waals surface area (Å²) < 4.78 is 52.2. The normalized spacial score (nSPS) is 19.2. The lowest BCUT2D eigenvalue weighted by atomic mass is 10.3. The molecule has 2 aromatic carbocycles. The van der Waals surface area contributed by atoms with Crippen LogP contribution in [-0.4, -0.2) is 39.5 Å². The zero-order valence-electron chi connectivity index (χ0n) is 13.4. The van der Waals surface area contributed by atoms with Crippen LogP contribution in [0.25, 0.3) is 0 Å². The number of benzene rings is 2. The molecule has 1 unspecified atom stereocenters. The van der Waals surface area contributed by atoms with Gasteiger partial charge >= 0.3 is 0 Å². The quantitative estimate of drug-likeness (QED) is 0.774. The zero-order chi connectivity index (χ0) is 18.1. The summed E-state index contributed by atoms with van der Waals surface area (Å²) in [5, 5.41) is 0.448. The highest BCUT2D eigenvalue weighted by Crippen LogP contribution is 2.28. The highest BCUT2D eigenvalue weighted by Gasteiger charge is 2.38. The molecule has 134 valence electrons. The van der Waals surface area contributed by atoms with E-state index in [0.717, 1.165) is 0 Å². The summed E-state index contributed by atoms with van der Waals surface area (Å²) in [6.07, 6.45) is 1.17. The van der Waals surface area contributed by atoms with E-state index in [2.05, 4.69) is 0 Å². The molecule has 25 heavy (non-hydrogen) atoms. The second-order valence-electron chi connectivity index (χ2n) is 5.96. The monoisotopic (exact) mass is 399 g/mol. The predicted octanol–water partition coefficient (Wildman–Crippen LogP) is 2.97. The van der Waals surface area contributed by atoms with Crippen LogP contribution in [0.4, 0.5) is 0 Å². The number of halogens is 1. The molecule has 1 aliphatic rings. The van der Waals surface area contributed by atoms with E-state index in [1.807, 2.05) is 0 Å². The van der Waals surface area contributed by atoms with E-state index in [-0.39, 0.29) is 15.5 Å². The van der Waals surface area contributed by atoms with E-state index in [1.54, 1.807) is 18.2 Å². The summed E-state index contributed by atoms with van der Waals surface area (Å²) in [6, 6.07) is 13.5. The first-order chi connectivity index (χ1) is 11.8. The van der Waals surface area contributed by atoms with Crippen LogP contribution < -0.4 is 0 Å². The molecule has 0 saturated carbocycles. The molecule has 0 radical (unpaired) electrons. The Morgan fingerprint density at radius 2 is 1.56 bits per heavy atom. The van der Waals surface area contributed by atoms with Crippen LogP contribution in [0.15, 0.2) is 64.4 Å². The van der Waals surface area contributed by atoms with Gasteiger partial charge in [-0.1, -0.05) is 29.8 Å². The minimum Gasteiger partial charge on any atom is -0.224 e. The minimum atomic E-state index is -3.75. The smallest absolute Gasteiger partial charge is 0.224 e. The van der Waals surface area contributed by atoms with Crippen LogP contribution in [-0.2, 0) is 19.9 Å². The Morgan fingerprint density at radius 3 is 2.20 bits per heavy atom. The molecule has 8 heteroatoms. The molecular formula is C17H18ClNO4S2. The van der Waals surface area contributed by atoms with Crippen molar-refractivity contribution >= 4 is 31.5 Å². The molecule has 0 spiro atoms. The third-order valence-electron chi connectivity index (χ3n) is 4.26. The number of nitrogens with zero attached hydrogens (tertiary/aromatic N) is 1. The number of hydrogen-bond acceptors (Lipinski definition) is 4. The summed E-state index contributed by atoms with van der Waals surface area (Å²) in [5.41, 5.74) is 0. The highest BCUT2D eigenvalue weighted by atomic mass is 35.5. The first-order valence-corrected chi connectivity index (χ1v) is 11.3. The Kier molecular flexibility index (Phi) is 5.20. The molecule has 3 rings (SSSR count). The molecule has 1 saturated heterocycles. The fourth-order valence-electron chi connectivity index (χ4n) is 3.01. The average molecular weight is 400 g/mol. The Morgan fingerprint density at radius 1 is 0.920 bits per heavy atom. The third kappa shape index (κ3) is 3.89. The van der Waals surface area contributed by atoms with E-state index in [1.165, 1.54) is 40.7 Å². The van der Waals surface area contributed by atoms with Gasteiger partial charge in [-0.05, 0) is 49.2 Å². The van der Waals surface area contributed by atoms with Gasteiger partial charge in [-0.15, -0.1) is 0 Å². The van der Waals surface area contributed by atoms with Crippen LogP contribution in [0.2, 0.25) is 5.02 Å². The largest absolute Gasteiger partial charge is 0.243 e. The van der Waals surface area contributed by atoms with Crippen molar-refractivity contribution in [1.29, 1.82) is 0 Å². The number of rotatable bonds is 5. The lowest BCUT2D eigenvalue weighted by Crippen LogP contribution is -2.39. The first-order valence-electron chi connectivity index (χ1n) is 7.86. The summed E-state index contributed by atoms with van der Waals surface area (Å²) in [7, 11) is -7.30. The van der Waals surface area contributed by atoms with Crippen molar-refractivity contribution in [2.75, 3.05) is 12.3 Å². The Hall–Kier alpha value is -1.41. The van der Waals surface area contributed by atoms with Gasteiger partial charge in [0.15, 0.2) is 9.84 Å². The van der Waals surface area contributed by atoms with Gasteiger partial charge in [-0.2, -0.15) is 4.31 Å².